The summed E-state index contributed by atoms with van der Waals surface area (Å²) in [6, 6.07) is 7.19. The Kier molecular flexibility index (Phi) is 4.44. The molecule has 0 spiro atoms. The number of hydrogen-bond acceptors (Lipinski definition) is 6. The zero-order valence-corrected chi connectivity index (χ0v) is 12.1. The molecule has 1 aliphatic rings. The summed E-state index contributed by atoms with van der Waals surface area (Å²) in [6.45, 7) is 1.83. The van der Waals surface area contributed by atoms with E-state index in [1.165, 1.54) is 0 Å². The van der Waals surface area contributed by atoms with Crippen molar-refractivity contribution in [3.63, 3.8) is 0 Å². The minimum Gasteiger partial charge on any atom is -0.475 e. The minimum absolute atomic E-state index is 0.0174. The number of carboxylic acids is 1. The number of imidazole rings is 1. The number of nitrogens with zero attached hydrogens (tertiary/aromatic N) is 3. The highest BCUT2D eigenvalue weighted by molar-refractivity contribution is 5.88. The molecule has 23 heavy (non-hydrogen) atoms. The first-order valence-corrected chi connectivity index (χ1v) is 7.04. The SMILES string of the molecule is O=C(O)c1nc2ccccc2[nH]1.c1cnc(OC2CNC2)cn1. The summed E-state index contributed by atoms with van der Waals surface area (Å²) in [7, 11) is 0. The summed E-state index contributed by atoms with van der Waals surface area (Å²) in [5.41, 5.74) is 1.42. The molecule has 0 aliphatic carbocycles. The normalized spacial score (nSPS) is 13.7. The van der Waals surface area contributed by atoms with Crippen LogP contribution in [0.25, 0.3) is 11.0 Å². The van der Waals surface area contributed by atoms with Gasteiger partial charge in [-0.05, 0) is 12.1 Å². The van der Waals surface area contributed by atoms with Gasteiger partial charge in [-0.2, -0.15) is 0 Å². The smallest absolute Gasteiger partial charge is 0.371 e. The van der Waals surface area contributed by atoms with E-state index < -0.39 is 5.97 Å². The van der Waals surface area contributed by atoms with E-state index in [0.29, 0.717) is 11.4 Å². The van der Waals surface area contributed by atoms with Crippen molar-refractivity contribution < 1.29 is 14.6 Å². The quantitative estimate of drug-likeness (QED) is 0.663. The molecule has 8 nitrogen and oxygen atoms in total. The molecule has 0 bridgehead atoms. The Morgan fingerprint density at radius 2 is 2.09 bits per heavy atom. The minimum atomic E-state index is -1.04. The van der Waals surface area contributed by atoms with E-state index in [1.807, 2.05) is 12.1 Å². The number of ether oxygens (including phenoxy) is 1. The highest BCUT2D eigenvalue weighted by Crippen LogP contribution is 2.09. The van der Waals surface area contributed by atoms with Gasteiger partial charge in [0.2, 0.25) is 11.7 Å². The van der Waals surface area contributed by atoms with Gasteiger partial charge in [-0.1, -0.05) is 12.1 Å². The molecule has 0 saturated carbocycles. The van der Waals surface area contributed by atoms with E-state index in [4.69, 9.17) is 9.84 Å². The maximum atomic E-state index is 10.5. The Bertz CT molecular complexity index is 753. The van der Waals surface area contributed by atoms with Gasteiger partial charge in [-0.25, -0.2) is 14.8 Å². The molecule has 0 amide bonds. The van der Waals surface area contributed by atoms with Gasteiger partial charge in [0.05, 0.1) is 17.2 Å². The van der Waals surface area contributed by atoms with Crippen molar-refractivity contribution in [1.29, 1.82) is 0 Å². The Hall–Kier alpha value is -3.00. The van der Waals surface area contributed by atoms with E-state index in [0.717, 1.165) is 18.6 Å². The summed E-state index contributed by atoms with van der Waals surface area (Å²) in [5.74, 6) is -0.443. The van der Waals surface area contributed by atoms with Crippen LogP contribution in [0.2, 0.25) is 0 Å². The fourth-order valence-corrected chi connectivity index (χ4v) is 1.92. The number of fused-ring (bicyclic) bond motifs is 1. The molecule has 2 aromatic heterocycles. The molecule has 3 N–H and O–H groups in total. The molecular weight excluding hydrogens is 298 g/mol. The van der Waals surface area contributed by atoms with Gasteiger partial charge < -0.3 is 20.1 Å². The molecule has 4 rings (SSSR count). The standard InChI is InChI=1S/C8H6N2O2.C7H9N3O/c11-8(12)7-9-5-3-1-2-4-6(5)10-7;1-2-10-7(5-8-1)11-6-3-9-4-6/h1-4H,(H,9,10)(H,11,12);1-2,5-6,9H,3-4H2. The fourth-order valence-electron chi connectivity index (χ4n) is 1.92. The first kappa shape index (κ1) is 14.9. The molecule has 3 aromatic rings. The maximum Gasteiger partial charge on any atom is 0.371 e. The van der Waals surface area contributed by atoms with Crippen molar-refractivity contribution in [2.75, 3.05) is 13.1 Å². The molecule has 0 unspecified atom stereocenters. The van der Waals surface area contributed by atoms with Gasteiger partial charge >= 0.3 is 5.97 Å². The number of carbonyl (C=O) groups is 1. The molecular formula is C15H15N5O3. The molecule has 8 heteroatoms. The third kappa shape index (κ3) is 3.80. The number of carboxylic acid groups (broad SMARTS) is 1. The number of rotatable bonds is 3. The number of hydrogen-bond donors (Lipinski definition) is 3. The first-order valence-electron chi connectivity index (χ1n) is 7.04. The predicted molar refractivity (Wildman–Crippen MR) is 82.4 cm³/mol. The predicted octanol–water partition coefficient (Wildman–Crippen LogP) is 1.09. The van der Waals surface area contributed by atoms with E-state index in [2.05, 4.69) is 25.3 Å². The monoisotopic (exact) mass is 313 g/mol. The van der Waals surface area contributed by atoms with Crippen LogP contribution in [0.5, 0.6) is 5.88 Å². The van der Waals surface area contributed by atoms with Crippen LogP contribution in [0.3, 0.4) is 0 Å². The van der Waals surface area contributed by atoms with Crippen LogP contribution in [0.15, 0.2) is 42.9 Å². The molecule has 0 atom stereocenters. The lowest BCUT2D eigenvalue weighted by Gasteiger charge is -2.26. The zero-order valence-electron chi connectivity index (χ0n) is 12.1. The van der Waals surface area contributed by atoms with Gasteiger partial charge in [0, 0.05) is 25.5 Å². The average Bonchev–Trinajstić information content (AvgIpc) is 2.97. The summed E-state index contributed by atoms with van der Waals surface area (Å²) in [6.07, 6.45) is 5.16. The molecule has 1 aliphatic heterocycles. The molecule has 3 heterocycles. The van der Waals surface area contributed by atoms with Gasteiger partial charge in [-0.15, -0.1) is 0 Å². The second kappa shape index (κ2) is 6.84. The van der Waals surface area contributed by atoms with Crippen LogP contribution in [0, 0.1) is 0 Å². The van der Waals surface area contributed by atoms with Gasteiger partial charge in [0.15, 0.2) is 0 Å². The number of benzene rings is 1. The van der Waals surface area contributed by atoms with Crippen molar-refractivity contribution in [2.45, 2.75) is 6.10 Å². The third-order valence-corrected chi connectivity index (χ3v) is 3.16. The van der Waals surface area contributed by atoms with Crippen molar-refractivity contribution in [1.82, 2.24) is 25.3 Å². The number of aromatic carboxylic acids is 1. The van der Waals surface area contributed by atoms with Crippen molar-refractivity contribution in [3.05, 3.63) is 48.7 Å². The lowest BCUT2D eigenvalue weighted by molar-refractivity contribution is 0.0685. The van der Waals surface area contributed by atoms with Gasteiger partial charge in [-0.3, -0.25) is 4.98 Å². The summed E-state index contributed by atoms with van der Waals surface area (Å²) >= 11 is 0. The zero-order chi connectivity index (χ0) is 16.1. The third-order valence-electron chi connectivity index (χ3n) is 3.16. The van der Waals surface area contributed by atoms with E-state index in [-0.39, 0.29) is 11.9 Å². The topological polar surface area (TPSA) is 113 Å². The lowest BCUT2D eigenvalue weighted by Crippen LogP contribution is -2.50. The van der Waals surface area contributed by atoms with E-state index >= 15 is 0 Å². The van der Waals surface area contributed by atoms with Crippen LogP contribution >= 0.6 is 0 Å². The van der Waals surface area contributed by atoms with Gasteiger partial charge in [0.1, 0.15) is 6.10 Å². The molecule has 118 valence electrons. The molecule has 1 aromatic carbocycles. The van der Waals surface area contributed by atoms with Gasteiger partial charge in [0.25, 0.3) is 0 Å². The number of para-hydroxylation sites is 2. The van der Waals surface area contributed by atoms with E-state index in [1.54, 1.807) is 30.7 Å². The number of H-pyrrole nitrogens is 1. The summed E-state index contributed by atoms with van der Waals surface area (Å²) in [4.78, 5) is 24.9. The summed E-state index contributed by atoms with van der Waals surface area (Å²) < 4.78 is 5.41. The number of aromatic nitrogens is 4. The van der Waals surface area contributed by atoms with Crippen LogP contribution < -0.4 is 10.1 Å². The lowest BCUT2D eigenvalue weighted by atomic mass is 10.2. The largest absolute Gasteiger partial charge is 0.475 e. The second-order valence-corrected chi connectivity index (χ2v) is 4.85. The molecule has 1 fully saturated rings. The molecule has 1 saturated heterocycles. The number of nitrogens with one attached hydrogen (secondary N) is 2. The maximum absolute atomic E-state index is 10.5. The number of aromatic amines is 1. The molecule has 0 radical (unpaired) electrons. The van der Waals surface area contributed by atoms with E-state index in [9.17, 15) is 4.79 Å². The Morgan fingerprint density at radius 3 is 2.70 bits per heavy atom. The highest BCUT2D eigenvalue weighted by Gasteiger charge is 2.18. The Morgan fingerprint density at radius 1 is 1.26 bits per heavy atom. The first-order chi connectivity index (χ1) is 11.2. The average molecular weight is 313 g/mol. The van der Waals surface area contributed by atoms with Crippen molar-refractivity contribution in [2.24, 2.45) is 0 Å². The summed E-state index contributed by atoms with van der Waals surface area (Å²) in [5, 5.41) is 11.7. The van der Waals surface area contributed by atoms with Crippen LogP contribution in [-0.4, -0.2) is 50.2 Å². The Balaban J connectivity index is 0.000000136. The van der Waals surface area contributed by atoms with Crippen LogP contribution in [-0.2, 0) is 0 Å². The highest BCUT2D eigenvalue weighted by atomic mass is 16.5. The second-order valence-electron chi connectivity index (χ2n) is 4.85. The van der Waals surface area contributed by atoms with Crippen molar-refractivity contribution in [3.8, 4) is 5.88 Å². The van der Waals surface area contributed by atoms with Crippen LogP contribution in [0.4, 0.5) is 0 Å². The fraction of sp³-hybridized carbons (Fsp3) is 0.200. The van der Waals surface area contributed by atoms with Crippen molar-refractivity contribution >= 4 is 17.0 Å². The Labute approximate surface area is 131 Å². The van der Waals surface area contributed by atoms with Crippen LogP contribution in [0.1, 0.15) is 10.6 Å².